The number of aryl methyl sites for hydroxylation is 1. The van der Waals surface area contributed by atoms with E-state index >= 15 is 0 Å². The molecule has 1 amide bonds. The third kappa shape index (κ3) is 4.06. The highest BCUT2D eigenvalue weighted by Crippen LogP contribution is 2.14. The number of benzene rings is 1. The number of nitrogens with two attached hydrogens (primary N) is 1. The van der Waals surface area contributed by atoms with Gasteiger partial charge < -0.3 is 11.1 Å². The predicted molar refractivity (Wildman–Crippen MR) is 79.3 cm³/mol. The molecule has 2 aromatic rings. The summed E-state index contributed by atoms with van der Waals surface area (Å²) in [6, 6.07) is 7.94. The first kappa shape index (κ1) is 13.5. The van der Waals surface area contributed by atoms with E-state index in [1.165, 1.54) is 16.9 Å². The number of amides is 1. The summed E-state index contributed by atoms with van der Waals surface area (Å²) in [7, 11) is 0. The summed E-state index contributed by atoms with van der Waals surface area (Å²) in [6.07, 6.45) is 2.44. The third-order valence-electron chi connectivity index (χ3n) is 2.69. The molecule has 1 heterocycles. The Morgan fingerprint density at radius 1 is 1.37 bits per heavy atom. The molecule has 0 radical (unpaired) electrons. The van der Waals surface area contributed by atoms with Crippen LogP contribution in [0.15, 0.2) is 29.6 Å². The summed E-state index contributed by atoms with van der Waals surface area (Å²) >= 11 is 1.35. The fraction of sp³-hybridized carbons (Fsp3) is 0.286. The number of anilines is 2. The molecule has 0 unspecified atom stereocenters. The van der Waals surface area contributed by atoms with Crippen molar-refractivity contribution in [3.8, 4) is 0 Å². The van der Waals surface area contributed by atoms with E-state index < -0.39 is 0 Å². The minimum absolute atomic E-state index is 0.0754. The lowest BCUT2D eigenvalue weighted by Crippen LogP contribution is -2.14. The second-order valence-electron chi connectivity index (χ2n) is 4.35. The minimum Gasteiger partial charge on any atom is -0.375 e. The molecule has 1 aromatic heterocycles. The van der Waals surface area contributed by atoms with E-state index in [1.807, 2.05) is 24.3 Å². The molecule has 0 saturated carbocycles. The van der Waals surface area contributed by atoms with E-state index in [9.17, 15) is 4.79 Å². The Hall–Kier alpha value is -1.88. The maximum absolute atomic E-state index is 11.8. The molecule has 0 aliphatic heterocycles. The zero-order valence-electron chi connectivity index (χ0n) is 10.8. The molecule has 5 heteroatoms. The van der Waals surface area contributed by atoms with Crippen LogP contribution >= 0.6 is 11.3 Å². The van der Waals surface area contributed by atoms with Gasteiger partial charge in [-0.3, -0.25) is 4.79 Å². The van der Waals surface area contributed by atoms with E-state index in [-0.39, 0.29) is 12.3 Å². The summed E-state index contributed by atoms with van der Waals surface area (Å²) in [4.78, 5) is 15.9. The number of hydrogen-bond donors (Lipinski definition) is 2. The number of nitrogens with zero attached hydrogens (tertiary/aromatic N) is 1. The molecule has 2 rings (SSSR count). The van der Waals surface area contributed by atoms with Gasteiger partial charge in [-0.05, 0) is 24.1 Å². The topological polar surface area (TPSA) is 68.0 Å². The predicted octanol–water partition coefficient (Wildman–Crippen LogP) is 2.86. The van der Waals surface area contributed by atoms with E-state index in [0.29, 0.717) is 10.8 Å². The van der Waals surface area contributed by atoms with Crippen LogP contribution in [0.3, 0.4) is 0 Å². The molecule has 4 nitrogen and oxygen atoms in total. The summed E-state index contributed by atoms with van der Waals surface area (Å²) in [5, 5.41) is 5.15. The highest BCUT2D eigenvalue weighted by atomic mass is 32.1. The van der Waals surface area contributed by atoms with Gasteiger partial charge in [0.15, 0.2) is 5.13 Å². The van der Waals surface area contributed by atoms with Gasteiger partial charge in [-0.15, -0.1) is 11.3 Å². The summed E-state index contributed by atoms with van der Waals surface area (Å²) in [5.41, 5.74) is 8.34. The highest BCUT2D eigenvalue weighted by Gasteiger charge is 2.07. The molecule has 0 aliphatic rings. The Kier molecular flexibility index (Phi) is 4.52. The monoisotopic (exact) mass is 275 g/mol. The zero-order chi connectivity index (χ0) is 13.7. The van der Waals surface area contributed by atoms with Gasteiger partial charge in [0, 0.05) is 11.1 Å². The molecule has 19 heavy (non-hydrogen) atoms. The minimum atomic E-state index is -0.0754. The zero-order valence-corrected chi connectivity index (χ0v) is 11.7. The van der Waals surface area contributed by atoms with E-state index in [1.54, 1.807) is 5.38 Å². The van der Waals surface area contributed by atoms with Gasteiger partial charge in [0.25, 0.3) is 0 Å². The fourth-order valence-corrected chi connectivity index (χ4v) is 2.38. The lowest BCUT2D eigenvalue weighted by molar-refractivity contribution is -0.115. The van der Waals surface area contributed by atoms with Crippen molar-refractivity contribution < 1.29 is 4.79 Å². The number of aromatic nitrogens is 1. The molecular formula is C14H17N3OS. The average molecular weight is 275 g/mol. The van der Waals surface area contributed by atoms with Crippen LogP contribution in [0.4, 0.5) is 10.8 Å². The lowest BCUT2D eigenvalue weighted by atomic mass is 10.1. The number of thiazole rings is 1. The maximum Gasteiger partial charge on any atom is 0.230 e. The van der Waals surface area contributed by atoms with Gasteiger partial charge >= 0.3 is 0 Å². The van der Waals surface area contributed by atoms with Crippen molar-refractivity contribution in [3.05, 3.63) is 40.9 Å². The standard InChI is InChI=1S/C14H17N3OS/c1-2-3-10-4-6-11(7-5-10)16-13(18)8-12-9-19-14(15)17-12/h4-7,9H,2-3,8H2,1H3,(H2,15,17)(H,16,18). The van der Waals surface area contributed by atoms with Crippen LogP contribution in [0, 0.1) is 0 Å². The van der Waals surface area contributed by atoms with E-state index in [0.717, 1.165) is 18.5 Å². The first-order valence-electron chi connectivity index (χ1n) is 6.26. The molecule has 0 spiro atoms. The van der Waals surface area contributed by atoms with Crippen molar-refractivity contribution in [1.82, 2.24) is 4.98 Å². The lowest BCUT2D eigenvalue weighted by Gasteiger charge is -2.05. The molecule has 1 aromatic carbocycles. The fourth-order valence-electron chi connectivity index (χ4n) is 1.82. The van der Waals surface area contributed by atoms with Crippen LogP contribution in [0.25, 0.3) is 0 Å². The summed E-state index contributed by atoms with van der Waals surface area (Å²) in [6.45, 7) is 2.15. The number of nitrogen functional groups attached to an aromatic ring is 1. The van der Waals surface area contributed by atoms with Gasteiger partial charge in [0.2, 0.25) is 5.91 Å². The number of hydrogen-bond acceptors (Lipinski definition) is 4. The smallest absolute Gasteiger partial charge is 0.230 e. The van der Waals surface area contributed by atoms with Crippen LogP contribution in [-0.4, -0.2) is 10.9 Å². The van der Waals surface area contributed by atoms with Gasteiger partial charge in [0.1, 0.15) is 0 Å². The van der Waals surface area contributed by atoms with Crippen molar-refractivity contribution in [2.75, 3.05) is 11.1 Å². The average Bonchev–Trinajstić information content (AvgIpc) is 2.77. The van der Waals surface area contributed by atoms with Crippen molar-refractivity contribution in [2.24, 2.45) is 0 Å². The first-order chi connectivity index (χ1) is 9.17. The molecule has 100 valence electrons. The summed E-state index contributed by atoms with van der Waals surface area (Å²) < 4.78 is 0. The van der Waals surface area contributed by atoms with Crippen molar-refractivity contribution in [3.63, 3.8) is 0 Å². The molecule has 0 bridgehead atoms. The van der Waals surface area contributed by atoms with Gasteiger partial charge in [-0.25, -0.2) is 4.98 Å². The number of rotatable bonds is 5. The quantitative estimate of drug-likeness (QED) is 0.881. The Labute approximate surface area is 116 Å². The number of carbonyl (C=O) groups excluding carboxylic acids is 1. The maximum atomic E-state index is 11.8. The largest absolute Gasteiger partial charge is 0.375 e. The normalized spacial score (nSPS) is 10.4. The Morgan fingerprint density at radius 2 is 2.11 bits per heavy atom. The third-order valence-corrected chi connectivity index (χ3v) is 3.41. The molecule has 0 fully saturated rings. The Balaban J connectivity index is 1.91. The molecule has 0 atom stereocenters. The van der Waals surface area contributed by atoms with Crippen LogP contribution in [0.1, 0.15) is 24.6 Å². The van der Waals surface area contributed by atoms with Crippen LogP contribution in [-0.2, 0) is 17.6 Å². The second-order valence-corrected chi connectivity index (χ2v) is 5.24. The SMILES string of the molecule is CCCc1ccc(NC(=O)Cc2csc(N)n2)cc1. The van der Waals surface area contributed by atoms with Crippen LogP contribution in [0.5, 0.6) is 0 Å². The van der Waals surface area contributed by atoms with Crippen molar-refractivity contribution >= 4 is 28.1 Å². The number of nitrogens with one attached hydrogen (secondary N) is 1. The first-order valence-corrected chi connectivity index (χ1v) is 7.14. The van der Waals surface area contributed by atoms with E-state index in [4.69, 9.17) is 5.73 Å². The highest BCUT2D eigenvalue weighted by molar-refractivity contribution is 7.13. The molecule has 0 aliphatic carbocycles. The molecule has 3 N–H and O–H groups in total. The van der Waals surface area contributed by atoms with Crippen molar-refractivity contribution in [1.29, 1.82) is 0 Å². The van der Waals surface area contributed by atoms with Gasteiger partial charge in [-0.2, -0.15) is 0 Å². The van der Waals surface area contributed by atoms with Crippen LogP contribution in [0.2, 0.25) is 0 Å². The Morgan fingerprint density at radius 3 is 2.68 bits per heavy atom. The number of carbonyl (C=O) groups is 1. The molecular weight excluding hydrogens is 258 g/mol. The summed E-state index contributed by atoms with van der Waals surface area (Å²) in [5.74, 6) is -0.0754. The Bertz CT molecular complexity index is 548. The van der Waals surface area contributed by atoms with Gasteiger partial charge in [0.05, 0.1) is 12.1 Å². The van der Waals surface area contributed by atoms with Gasteiger partial charge in [-0.1, -0.05) is 25.5 Å². The second kappa shape index (κ2) is 6.33. The molecule has 0 saturated heterocycles. The van der Waals surface area contributed by atoms with Crippen LogP contribution < -0.4 is 11.1 Å². The van der Waals surface area contributed by atoms with Crippen molar-refractivity contribution in [2.45, 2.75) is 26.2 Å². The van der Waals surface area contributed by atoms with E-state index in [2.05, 4.69) is 17.2 Å².